The van der Waals surface area contributed by atoms with Crippen LogP contribution in [0.1, 0.15) is 28.8 Å². The first-order valence-corrected chi connectivity index (χ1v) is 9.25. The number of rotatable bonds is 6. The van der Waals surface area contributed by atoms with Crippen molar-refractivity contribution in [3.05, 3.63) is 59.7 Å². The molecule has 0 fully saturated rings. The minimum Gasteiger partial charge on any atom is -0.469 e. The summed E-state index contributed by atoms with van der Waals surface area (Å²) in [7, 11) is 1.21. The molecule has 0 aromatic heterocycles. The summed E-state index contributed by atoms with van der Waals surface area (Å²) in [5.74, 6) is -1.66. The summed E-state index contributed by atoms with van der Waals surface area (Å²) in [4.78, 5) is 35.2. The summed E-state index contributed by atoms with van der Waals surface area (Å²) in [6.07, 6.45) is -4.74. The van der Waals surface area contributed by atoms with Gasteiger partial charge in [-0.1, -0.05) is 12.1 Å². The van der Waals surface area contributed by atoms with Crippen LogP contribution >= 0.6 is 12.2 Å². The molecule has 0 unspecified atom stereocenters. The third-order valence-corrected chi connectivity index (χ3v) is 4.07. The number of carbonyl (C=O) groups excluding carboxylic acids is 3. The second kappa shape index (κ2) is 10.5. The lowest BCUT2D eigenvalue weighted by Gasteiger charge is -2.12. The summed E-state index contributed by atoms with van der Waals surface area (Å²) in [5, 5.41) is 7.45. The number of hydrogen-bond acceptors (Lipinski definition) is 5. The van der Waals surface area contributed by atoms with Crippen molar-refractivity contribution in [2.75, 3.05) is 17.7 Å². The Morgan fingerprint density at radius 1 is 0.968 bits per heavy atom. The molecular formula is C20H18F3N3O4S. The first kappa shape index (κ1) is 23.8. The molecule has 2 aromatic rings. The molecule has 0 spiro atoms. The molecule has 7 nitrogen and oxygen atoms in total. The van der Waals surface area contributed by atoms with Crippen molar-refractivity contribution in [2.24, 2.45) is 0 Å². The van der Waals surface area contributed by atoms with Gasteiger partial charge in [0.2, 0.25) is 5.91 Å². The molecule has 0 heterocycles. The van der Waals surface area contributed by atoms with E-state index in [9.17, 15) is 27.6 Å². The van der Waals surface area contributed by atoms with E-state index in [2.05, 4.69) is 20.7 Å². The molecular weight excluding hydrogens is 435 g/mol. The van der Waals surface area contributed by atoms with Crippen molar-refractivity contribution in [2.45, 2.75) is 19.0 Å². The van der Waals surface area contributed by atoms with E-state index in [-0.39, 0.29) is 29.2 Å². The van der Waals surface area contributed by atoms with Gasteiger partial charge in [0.1, 0.15) is 0 Å². The minimum atomic E-state index is -4.53. The molecule has 2 amide bonds. The molecule has 31 heavy (non-hydrogen) atoms. The monoisotopic (exact) mass is 453 g/mol. The zero-order valence-electron chi connectivity index (χ0n) is 16.2. The predicted molar refractivity (Wildman–Crippen MR) is 111 cm³/mol. The fraction of sp³-hybridized carbons (Fsp3) is 0.200. The van der Waals surface area contributed by atoms with Crippen LogP contribution in [-0.4, -0.2) is 30.0 Å². The molecule has 0 saturated heterocycles. The zero-order valence-corrected chi connectivity index (χ0v) is 17.0. The maximum atomic E-state index is 12.8. The van der Waals surface area contributed by atoms with E-state index in [1.165, 1.54) is 37.4 Å². The van der Waals surface area contributed by atoms with Gasteiger partial charge in [-0.05, 0) is 48.6 Å². The van der Waals surface area contributed by atoms with Gasteiger partial charge in [0.25, 0.3) is 5.91 Å². The van der Waals surface area contributed by atoms with Crippen LogP contribution in [0, 0.1) is 0 Å². The number of carbonyl (C=O) groups is 3. The molecule has 11 heteroatoms. The smallest absolute Gasteiger partial charge is 0.416 e. The van der Waals surface area contributed by atoms with E-state index in [0.29, 0.717) is 5.69 Å². The van der Waals surface area contributed by atoms with Crippen LogP contribution in [-0.2, 0) is 20.5 Å². The minimum absolute atomic E-state index is 0.00780. The van der Waals surface area contributed by atoms with Crippen LogP contribution in [0.2, 0.25) is 0 Å². The second-order valence-electron chi connectivity index (χ2n) is 6.19. The number of methoxy groups -OCH3 is 1. The van der Waals surface area contributed by atoms with Crippen molar-refractivity contribution < 1.29 is 32.3 Å². The Labute approximate surface area is 181 Å². The highest BCUT2D eigenvalue weighted by atomic mass is 32.1. The summed E-state index contributed by atoms with van der Waals surface area (Å²) in [6.45, 7) is 0. The normalized spacial score (nSPS) is 10.7. The molecule has 0 atom stereocenters. The predicted octanol–water partition coefficient (Wildman–Crippen LogP) is 3.72. The molecule has 0 radical (unpaired) electrons. The van der Waals surface area contributed by atoms with Crippen LogP contribution in [0.3, 0.4) is 0 Å². The van der Waals surface area contributed by atoms with Gasteiger partial charge in [-0.25, -0.2) is 0 Å². The van der Waals surface area contributed by atoms with Crippen LogP contribution in [0.5, 0.6) is 0 Å². The van der Waals surface area contributed by atoms with Crippen LogP contribution in [0.4, 0.5) is 24.5 Å². The van der Waals surface area contributed by atoms with Crippen molar-refractivity contribution >= 4 is 46.5 Å². The quantitative estimate of drug-likeness (QED) is 0.456. The van der Waals surface area contributed by atoms with E-state index in [1.54, 1.807) is 6.07 Å². The number of nitrogens with one attached hydrogen (secondary N) is 3. The van der Waals surface area contributed by atoms with Gasteiger partial charge in [-0.15, -0.1) is 0 Å². The molecule has 2 rings (SSSR count). The molecule has 3 N–H and O–H groups in total. The van der Waals surface area contributed by atoms with Crippen molar-refractivity contribution in [1.29, 1.82) is 0 Å². The average molecular weight is 453 g/mol. The number of amides is 2. The van der Waals surface area contributed by atoms with Gasteiger partial charge in [-0.2, -0.15) is 13.2 Å². The fourth-order valence-corrected chi connectivity index (χ4v) is 2.62. The van der Waals surface area contributed by atoms with Gasteiger partial charge in [0, 0.05) is 23.4 Å². The van der Waals surface area contributed by atoms with Crippen LogP contribution in [0.15, 0.2) is 48.5 Å². The van der Waals surface area contributed by atoms with E-state index < -0.39 is 29.5 Å². The lowest BCUT2D eigenvalue weighted by atomic mass is 10.1. The summed E-state index contributed by atoms with van der Waals surface area (Å²) >= 11 is 5.02. The molecule has 0 saturated carbocycles. The van der Waals surface area contributed by atoms with Crippen molar-refractivity contribution in [1.82, 2.24) is 5.32 Å². The molecule has 0 aliphatic heterocycles. The van der Waals surface area contributed by atoms with E-state index >= 15 is 0 Å². The Morgan fingerprint density at radius 2 is 1.61 bits per heavy atom. The van der Waals surface area contributed by atoms with Gasteiger partial charge in [0.15, 0.2) is 5.11 Å². The highest BCUT2D eigenvalue weighted by molar-refractivity contribution is 7.80. The molecule has 2 aromatic carbocycles. The number of benzene rings is 2. The van der Waals surface area contributed by atoms with Crippen molar-refractivity contribution in [3.8, 4) is 0 Å². The number of thiocarbonyl (C=S) groups is 1. The van der Waals surface area contributed by atoms with Gasteiger partial charge < -0.3 is 20.7 Å². The van der Waals surface area contributed by atoms with Crippen molar-refractivity contribution in [3.63, 3.8) is 0 Å². The Morgan fingerprint density at radius 3 is 2.26 bits per heavy atom. The first-order chi connectivity index (χ1) is 14.6. The van der Waals surface area contributed by atoms with Gasteiger partial charge in [0.05, 0.1) is 19.1 Å². The standard InChI is InChI=1S/C20H18F3N3O4S/c1-30-17(28)9-8-16(27)26-19(31)25-14-6-2-4-12(10-14)18(29)24-15-7-3-5-13(11-15)20(21,22)23/h2-7,10-11H,8-9H2,1H3,(H,24,29)(H2,25,26,27,31). The summed E-state index contributed by atoms with van der Waals surface area (Å²) in [6, 6.07) is 10.3. The fourth-order valence-electron chi connectivity index (χ4n) is 2.38. The van der Waals surface area contributed by atoms with E-state index in [4.69, 9.17) is 12.2 Å². The van der Waals surface area contributed by atoms with Gasteiger partial charge in [-0.3, -0.25) is 14.4 Å². The molecule has 0 aliphatic rings. The SMILES string of the molecule is COC(=O)CCC(=O)NC(=S)Nc1cccc(C(=O)Nc2cccc(C(F)(F)F)c2)c1. The summed E-state index contributed by atoms with van der Waals surface area (Å²) in [5.41, 5.74) is -0.363. The highest BCUT2D eigenvalue weighted by Gasteiger charge is 2.30. The lowest BCUT2D eigenvalue weighted by Crippen LogP contribution is -2.34. The number of halogens is 3. The average Bonchev–Trinajstić information content (AvgIpc) is 2.71. The maximum absolute atomic E-state index is 12.8. The highest BCUT2D eigenvalue weighted by Crippen LogP contribution is 2.30. The topological polar surface area (TPSA) is 96.5 Å². The third kappa shape index (κ3) is 7.70. The number of esters is 1. The van der Waals surface area contributed by atoms with Crippen LogP contribution in [0.25, 0.3) is 0 Å². The second-order valence-corrected chi connectivity index (χ2v) is 6.60. The lowest BCUT2D eigenvalue weighted by molar-refractivity contribution is -0.142. The van der Waals surface area contributed by atoms with E-state index in [1.807, 2.05) is 0 Å². The molecule has 0 aliphatic carbocycles. The Kier molecular flexibility index (Phi) is 8.08. The Hall–Kier alpha value is -3.47. The largest absolute Gasteiger partial charge is 0.469 e. The van der Waals surface area contributed by atoms with E-state index in [0.717, 1.165) is 12.1 Å². The number of hydrogen-bond donors (Lipinski definition) is 3. The van der Waals surface area contributed by atoms with Crippen LogP contribution < -0.4 is 16.0 Å². The number of ether oxygens (including phenoxy) is 1. The Bertz CT molecular complexity index is 996. The zero-order chi connectivity index (χ0) is 23.0. The number of anilines is 2. The number of alkyl halides is 3. The Balaban J connectivity index is 1.98. The third-order valence-electron chi connectivity index (χ3n) is 3.87. The molecule has 164 valence electrons. The molecule has 0 bridgehead atoms. The maximum Gasteiger partial charge on any atom is 0.416 e. The van der Waals surface area contributed by atoms with Gasteiger partial charge >= 0.3 is 12.1 Å². The summed E-state index contributed by atoms with van der Waals surface area (Å²) < 4.78 is 42.9. The first-order valence-electron chi connectivity index (χ1n) is 8.85.